The fraction of sp³-hybridized carbons (Fsp3) is 0.667. The minimum Gasteiger partial charge on any atom is -0.361 e. The van der Waals surface area contributed by atoms with E-state index in [0.717, 1.165) is 55.8 Å². The number of fused-ring (bicyclic) bond motifs is 2. The maximum atomic E-state index is 13.4. The van der Waals surface area contributed by atoms with Crippen LogP contribution in [0.1, 0.15) is 68.0 Å². The number of nitrogens with one attached hydrogen (secondary N) is 1. The molecule has 0 unspecified atom stereocenters. The Morgan fingerprint density at radius 3 is 2.89 bits per heavy atom. The largest absolute Gasteiger partial charge is 0.361 e. The van der Waals surface area contributed by atoms with Crippen LogP contribution in [0.2, 0.25) is 0 Å². The highest BCUT2D eigenvalue weighted by atomic mass is 32.1. The van der Waals surface area contributed by atoms with E-state index in [0.29, 0.717) is 18.0 Å². The summed E-state index contributed by atoms with van der Waals surface area (Å²) in [4.78, 5) is 20.5. The summed E-state index contributed by atoms with van der Waals surface area (Å²) in [6.45, 7) is 0.793. The average Bonchev–Trinajstić information content (AvgIpc) is 3.53. The minimum absolute atomic E-state index is 0.249. The fourth-order valence-corrected chi connectivity index (χ4v) is 5.97. The van der Waals surface area contributed by atoms with E-state index in [4.69, 9.17) is 4.52 Å². The standard InChI is InChI=1S/C21H26N4O2S/c26-20(23-14-3-4-14)21(8-16-11-28-12-22-16)9-17-5-6-19(21)25(17)10-15-7-18(27-24-15)13-1-2-13/h7,11-14,17,19H,1-6,8-10H2,(H,23,26)/t17-,19+,21+/m1/s1. The molecule has 2 aliphatic carbocycles. The van der Waals surface area contributed by atoms with Crippen molar-refractivity contribution in [3.05, 3.63) is 34.1 Å². The van der Waals surface area contributed by atoms with Crippen LogP contribution in [0.25, 0.3) is 0 Å². The van der Waals surface area contributed by atoms with Gasteiger partial charge in [0.15, 0.2) is 0 Å². The summed E-state index contributed by atoms with van der Waals surface area (Å²) in [6.07, 6.45) is 8.63. The van der Waals surface area contributed by atoms with Gasteiger partial charge in [-0.3, -0.25) is 9.69 Å². The average molecular weight is 399 g/mol. The molecule has 2 aromatic heterocycles. The lowest BCUT2D eigenvalue weighted by Crippen LogP contribution is -2.51. The number of thiazole rings is 1. The molecule has 0 aromatic carbocycles. The SMILES string of the molecule is O=C(NC1CC1)[C@@]1(Cc2cscn2)C[C@H]2CC[C@@H]1N2Cc1cc(C2CC2)on1. The molecule has 2 aliphatic heterocycles. The molecule has 0 spiro atoms. The molecule has 2 aromatic rings. The lowest BCUT2D eigenvalue weighted by molar-refractivity contribution is -0.133. The van der Waals surface area contributed by atoms with Crippen molar-refractivity contribution in [2.45, 2.75) is 82.0 Å². The summed E-state index contributed by atoms with van der Waals surface area (Å²) in [5, 5.41) is 9.76. The maximum Gasteiger partial charge on any atom is 0.228 e. The van der Waals surface area contributed by atoms with E-state index < -0.39 is 0 Å². The van der Waals surface area contributed by atoms with Crippen LogP contribution in [0.4, 0.5) is 0 Å². The van der Waals surface area contributed by atoms with E-state index in [-0.39, 0.29) is 17.4 Å². The molecule has 7 heteroatoms. The summed E-state index contributed by atoms with van der Waals surface area (Å²) in [5.41, 5.74) is 3.59. The number of amides is 1. The van der Waals surface area contributed by atoms with E-state index >= 15 is 0 Å². The molecular weight excluding hydrogens is 372 g/mol. The highest BCUT2D eigenvalue weighted by Gasteiger charge is 2.60. The third kappa shape index (κ3) is 2.90. The van der Waals surface area contributed by atoms with Crippen LogP contribution in [-0.4, -0.2) is 39.1 Å². The molecule has 2 saturated heterocycles. The smallest absolute Gasteiger partial charge is 0.228 e. The molecule has 148 valence electrons. The zero-order valence-corrected chi connectivity index (χ0v) is 16.8. The van der Waals surface area contributed by atoms with E-state index in [2.05, 4.69) is 31.8 Å². The molecule has 4 fully saturated rings. The van der Waals surface area contributed by atoms with Gasteiger partial charge in [0, 0.05) is 48.5 Å². The molecule has 4 aliphatic rings. The molecule has 1 N–H and O–H groups in total. The van der Waals surface area contributed by atoms with Crippen LogP contribution in [-0.2, 0) is 17.8 Å². The van der Waals surface area contributed by atoms with Crippen molar-refractivity contribution in [2.75, 3.05) is 0 Å². The second kappa shape index (κ2) is 6.39. The Morgan fingerprint density at radius 2 is 2.14 bits per heavy atom. The molecule has 3 atom stereocenters. The van der Waals surface area contributed by atoms with Gasteiger partial charge >= 0.3 is 0 Å². The molecule has 2 bridgehead atoms. The molecule has 2 saturated carbocycles. The Bertz CT molecular complexity index is 873. The van der Waals surface area contributed by atoms with E-state index in [1.54, 1.807) is 11.3 Å². The first-order valence-electron chi connectivity index (χ1n) is 10.6. The first-order valence-corrected chi connectivity index (χ1v) is 11.5. The van der Waals surface area contributed by atoms with Crippen molar-refractivity contribution < 1.29 is 9.32 Å². The zero-order valence-electron chi connectivity index (χ0n) is 16.0. The molecule has 6 rings (SSSR count). The molecule has 6 nitrogen and oxygen atoms in total. The third-order valence-electron chi connectivity index (χ3n) is 7.13. The van der Waals surface area contributed by atoms with Crippen LogP contribution >= 0.6 is 11.3 Å². The van der Waals surface area contributed by atoms with Gasteiger partial charge in [-0.1, -0.05) is 5.16 Å². The monoisotopic (exact) mass is 398 g/mol. The van der Waals surface area contributed by atoms with Crippen LogP contribution in [0.3, 0.4) is 0 Å². The Labute approximate surface area is 168 Å². The van der Waals surface area contributed by atoms with Gasteiger partial charge in [0.2, 0.25) is 5.91 Å². The van der Waals surface area contributed by atoms with Crippen molar-refractivity contribution in [3.63, 3.8) is 0 Å². The van der Waals surface area contributed by atoms with Crippen LogP contribution < -0.4 is 5.32 Å². The predicted molar refractivity (Wildman–Crippen MR) is 105 cm³/mol. The quantitative estimate of drug-likeness (QED) is 0.775. The molecule has 28 heavy (non-hydrogen) atoms. The summed E-state index contributed by atoms with van der Waals surface area (Å²) in [5.74, 6) is 1.88. The molecular formula is C21H26N4O2S. The second-order valence-electron chi connectivity index (χ2n) is 9.18. The molecule has 4 heterocycles. The van der Waals surface area contributed by atoms with Gasteiger partial charge in [-0.2, -0.15) is 0 Å². The number of carbonyl (C=O) groups excluding carboxylic acids is 1. The van der Waals surface area contributed by atoms with Gasteiger partial charge in [0.05, 0.1) is 22.3 Å². The van der Waals surface area contributed by atoms with E-state index in [1.165, 1.54) is 19.3 Å². The predicted octanol–water partition coefficient (Wildman–Crippen LogP) is 3.25. The summed E-state index contributed by atoms with van der Waals surface area (Å²) in [7, 11) is 0. The Hall–Kier alpha value is -1.73. The van der Waals surface area contributed by atoms with Gasteiger partial charge in [-0.15, -0.1) is 11.3 Å². The summed E-state index contributed by atoms with van der Waals surface area (Å²) < 4.78 is 5.57. The van der Waals surface area contributed by atoms with Crippen molar-refractivity contribution in [1.29, 1.82) is 0 Å². The van der Waals surface area contributed by atoms with Crippen LogP contribution in [0, 0.1) is 5.41 Å². The number of carbonyl (C=O) groups is 1. The summed E-state index contributed by atoms with van der Waals surface area (Å²) >= 11 is 1.62. The zero-order chi connectivity index (χ0) is 18.7. The van der Waals surface area contributed by atoms with Crippen LogP contribution in [0.15, 0.2) is 21.5 Å². The number of hydrogen-bond donors (Lipinski definition) is 1. The fourth-order valence-electron chi connectivity index (χ4n) is 5.41. The highest BCUT2D eigenvalue weighted by Crippen LogP contribution is 2.52. The highest BCUT2D eigenvalue weighted by molar-refractivity contribution is 7.07. The first-order chi connectivity index (χ1) is 13.7. The van der Waals surface area contributed by atoms with Crippen molar-refractivity contribution in [3.8, 4) is 0 Å². The number of rotatable bonds is 7. The lowest BCUT2D eigenvalue weighted by Gasteiger charge is -2.36. The van der Waals surface area contributed by atoms with Gasteiger partial charge < -0.3 is 9.84 Å². The third-order valence-corrected chi connectivity index (χ3v) is 7.76. The second-order valence-corrected chi connectivity index (χ2v) is 9.90. The first kappa shape index (κ1) is 17.2. The van der Waals surface area contributed by atoms with Crippen molar-refractivity contribution in [2.24, 2.45) is 5.41 Å². The number of hydrogen-bond acceptors (Lipinski definition) is 6. The van der Waals surface area contributed by atoms with Gasteiger partial charge in [-0.25, -0.2) is 4.98 Å². The van der Waals surface area contributed by atoms with Gasteiger partial charge in [0.25, 0.3) is 0 Å². The van der Waals surface area contributed by atoms with Gasteiger partial charge in [-0.05, 0) is 44.9 Å². The lowest BCUT2D eigenvalue weighted by atomic mass is 9.70. The van der Waals surface area contributed by atoms with E-state index in [1.807, 2.05) is 5.51 Å². The molecule has 0 radical (unpaired) electrons. The minimum atomic E-state index is -0.358. The van der Waals surface area contributed by atoms with E-state index in [9.17, 15) is 4.79 Å². The maximum absolute atomic E-state index is 13.4. The number of nitrogens with zero attached hydrogens (tertiary/aromatic N) is 3. The Balaban J connectivity index is 1.27. The summed E-state index contributed by atoms with van der Waals surface area (Å²) in [6, 6.07) is 3.25. The van der Waals surface area contributed by atoms with Crippen LogP contribution in [0.5, 0.6) is 0 Å². The normalized spacial score (nSPS) is 32.1. The van der Waals surface area contributed by atoms with Crippen molar-refractivity contribution in [1.82, 2.24) is 20.4 Å². The number of aromatic nitrogens is 2. The van der Waals surface area contributed by atoms with Crippen molar-refractivity contribution >= 4 is 17.2 Å². The van der Waals surface area contributed by atoms with Gasteiger partial charge in [0.1, 0.15) is 5.76 Å². The topological polar surface area (TPSA) is 71.3 Å². The molecule has 1 amide bonds. The Morgan fingerprint density at radius 1 is 1.25 bits per heavy atom. The Kier molecular flexibility index (Phi) is 3.91.